The Morgan fingerprint density at radius 2 is 2.17 bits per heavy atom. The van der Waals surface area contributed by atoms with Gasteiger partial charge in [0.25, 0.3) is 0 Å². The minimum atomic E-state index is 0.584. The number of carbonyl (C=O) groups excluding carboxylic acids is 1. The third-order valence-corrected chi connectivity index (χ3v) is 1.52. The molecule has 0 saturated heterocycles. The first-order chi connectivity index (χ1) is 5.77. The van der Waals surface area contributed by atoms with Crippen molar-refractivity contribution in [1.29, 1.82) is 0 Å². The molecule has 0 bridgehead atoms. The lowest BCUT2D eigenvalue weighted by Gasteiger charge is -1.97. The van der Waals surface area contributed by atoms with Gasteiger partial charge in [-0.1, -0.05) is 11.6 Å². The van der Waals surface area contributed by atoms with Crippen LogP contribution in [0.3, 0.4) is 0 Å². The van der Waals surface area contributed by atoms with Crippen LogP contribution in [0, 0.1) is 6.92 Å². The minimum Gasteiger partial charge on any atom is -0.298 e. The third kappa shape index (κ3) is 1.75. The van der Waals surface area contributed by atoms with E-state index in [0.29, 0.717) is 11.3 Å². The van der Waals surface area contributed by atoms with Gasteiger partial charge in [-0.3, -0.25) is 4.79 Å². The van der Waals surface area contributed by atoms with Gasteiger partial charge in [-0.2, -0.15) is 10.2 Å². The number of aryl methyl sites for hydroxylation is 1. The number of rotatable bonds is 2. The normalized spacial score (nSPS) is 10.5. The molecule has 0 saturated carbocycles. The van der Waals surface area contributed by atoms with Gasteiger partial charge in [-0.25, -0.2) is 0 Å². The van der Waals surface area contributed by atoms with Gasteiger partial charge in [0.2, 0.25) is 0 Å². The zero-order valence-corrected chi connectivity index (χ0v) is 7.11. The molecule has 0 unspecified atom stereocenters. The van der Waals surface area contributed by atoms with Gasteiger partial charge in [0.15, 0.2) is 6.29 Å². The summed E-state index contributed by atoms with van der Waals surface area (Å²) in [6.45, 7) is 1.93. The van der Waals surface area contributed by atoms with Gasteiger partial charge in [0.05, 0.1) is 5.69 Å². The molecule has 0 aliphatic heterocycles. The summed E-state index contributed by atoms with van der Waals surface area (Å²) in [7, 11) is 1.58. The number of carbonyl (C=O) groups is 1. The van der Waals surface area contributed by atoms with Crippen molar-refractivity contribution in [3.05, 3.63) is 29.3 Å². The summed E-state index contributed by atoms with van der Waals surface area (Å²) < 4.78 is 0. The van der Waals surface area contributed by atoms with E-state index in [-0.39, 0.29) is 0 Å². The van der Waals surface area contributed by atoms with E-state index >= 15 is 0 Å². The van der Waals surface area contributed by atoms with E-state index in [1.165, 1.54) is 0 Å². The van der Waals surface area contributed by atoms with Crippen LogP contribution in [0.1, 0.15) is 15.9 Å². The van der Waals surface area contributed by atoms with Gasteiger partial charge in [-0.15, -0.1) is 0 Å². The summed E-state index contributed by atoms with van der Waals surface area (Å²) in [6.07, 6.45) is 0.789. The van der Waals surface area contributed by atoms with Crippen LogP contribution in [0.2, 0.25) is 0 Å². The summed E-state index contributed by atoms with van der Waals surface area (Å²) in [5, 5.41) is 7.42. The molecule has 3 nitrogen and oxygen atoms in total. The first-order valence-electron chi connectivity index (χ1n) is 3.63. The number of hydrogen-bond acceptors (Lipinski definition) is 3. The van der Waals surface area contributed by atoms with Crippen molar-refractivity contribution in [2.45, 2.75) is 6.92 Å². The molecule has 0 atom stereocenters. The fourth-order valence-electron chi connectivity index (χ4n) is 0.967. The van der Waals surface area contributed by atoms with Crippen LogP contribution in [0.5, 0.6) is 0 Å². The van der Waals surface area contributed by atoms with Crippen molar-refractivity contribution in [2.75, 3.05) is 7.05 Å². The molecule has 0 spiro atoms. The highest BCUT2D eigenvalue weighted by molar-refractivity contribution is 5.82. The highest BCUT2D eigenvalue weighted by atomic mass is 16.1. The van der Waals surface area contributed by atoms with Crippen molar-refractivity contribution in [3.63, 3.8) is 0 Å². The molecule has 0 radical (unpaired) electrons. The average Bonchev–Trinajstić information content (AvgIpc) is 2.08. The smallest absolute Gasteiger partial charge is 0.152 e. The second kappa shape index (κ2) is 3.76. The van der Waals surface area contributed by atoms with Gasteiger partial charge in [0, 0.05) is 12.6 Å². The molecule has 12 heavy (non-hydrogen) atoms. The maximum Gasteiger partial charge on any atom is 0.152 e. The number of nitrogens with zero attached hydrogens (tertiary/aromatic N) is 2. The standard InChI is InChI=1S/C9H10N2O/c1-7-3-4-9(11-10-2)8(5-7)6-12/h3-6H,1-2H3. The maximum absolute atomic E-state index is 10.6. The predicted octanol–water partition coefficient (Wildman–Crippen LogP) is 2.52. The molecule has 0 aliphatic rings. The van der Waals surface area contributed by atoms with E-state index in [0.717, 1.165) is 11.8 Å². The Hall–Kier alpha value is -1.51. The molecular weight excluding hydrogens is 152 g/mol. The second-order valence-corrected chi connectivity index (χ2v) is 2.48. The van der Waals surface area contributed by atoms with Crippen LogP contribution in [-0.2, 0) is 0 Å². The lowest BCUT2D eigenvalue weighted by molar-refractivity contribution is 0.112. The Bertz CT molecular complexity index is 318. The summed E-state index contributed by atoms with van der Waals surface area (Å²) >= 11 is 0. The van der Waals surface area contributed by atoms with Crippen LogP contribution >= 0.6 is 0 Å². The third-order valence-electron chi connectivity index (χ3n) is 1.52. The Balaban J connectivity index is 3.19. The second-order valence-electron chi connectivity index (χ2n) is 2.48. The van der Waals surface area contributed by atoms with E-state index in [2.05, 4.69) is 10.2 Å². The highest BCUT2D eigenvalue weighted by Gasteiger charge is 1.98. The number of azo groups is 1. The van der Waals surface area contributed by atoms with E-state index in [1.807, 2.05) is 13.0 Å². The largest absolute Gasteiger partial charge is 0.298 e. The van der Waals surface area contributed by atoms with E-state index in [9.17, 15) is 4.79 Å². The first kappa shape index (κ1) is 8.59. The molecule has 0 amide bonds. The highest BCUT2D eigenvalue weighted by Crippen LogP contribution is 2.18. The Morgan fingerprint density at radius 3 is 2.75 bits per heavy atom. The summed E-state index contributed by atoms with van der Waals surface area (Å²) in [4.78, 5) is 10.6. The van der Waals surface area contributed by atoms with Crippen LogP contribution in [0.15, 0.2) is 28.4 Å². The van der Waals surface area contributed by atoms with Crippen LogP contribution in [-0.4, -0.2) is 13.3 Å². The molecule has 62 valence electrons. The fraction of sp³-hybridized carbons (Fsp3) is 0.222. The van der Waals surface area contributed by atoms with Crippen LogP contribution in [0.25, 0.3) is 0 Å². The molecule has 1 aromatic rings. The van der Waals surface area contributed by atoms with Crippen LogP contribution in [0.4, 0.5) is 5.69 Å². The average molecular weight is 162 g/mol. The van der Waals surface area contributed by atoms with Gasteiger partial charge in [-0.05, 0) is 19.1 Å². The fourth-order valence-corrected chi connectivity index (χ4v) is 0.967. The molecule has 0 aromatic heterocycles. The van der Waals surface area contributed by atoms with Gasteiger partial charge >= 0.3 is 0 Å². The van der Waals surface area contributed by atoms with Crippen molar-refractivity contribution < 1.29 is 4.79 Å². The Kier molecular flexibility index (Phi) is 2.69. The minimum absolute atomic E-state index is 0.584. The molecule has 3 heteroatoms. The molecule has 1 rings (SSSR count). The van der Waals surface area contributed by atoms with Crippen molar-refractivity contribution in [3.8, 4) is 0 Å². The molecule has 0 aliphatic carbocycles. The zero-order valence-electron chi connectivity index (χ0n) is 7.11. The number of hydrogen-bond donors (Lipinski definition) is 0. The van der Waals surface area contributed by atoms with Gasteiger partial charge < -0.3 is 0 Å². The van der Waals surface area contributed by atoms with Crippen molar-refractivity contribution in [1.82, 2.24) is 0 Å². The monoisotopic (exact) mass is 162 g/mol. The molecule has 0 fully saturated rings. The van der Waals surface area contributed by atoms with Crippen molar-refractivity contribution >= 4 is 12.0 Å². The molecule has 1 aromatic carbocycles. The molecule has 0 heterocycles. The molecular formula is C9H10N2O. The molecule has 0 N–H and O–H groups in total. The quantitative estimate of drug-likeness (QED) is 0.486. The number of aldehydes is 1. The maximum atomic E-state index is 10.6. The van der Waals surface area contributed by atoms with E-state index in [1.54, 1.807) is 19.2 Å². The van der Waals surface area contributed by atoms with E-state index < -0.39 is 0 Å². The summed E-state index contributed by atoms with van der Waals surface area (Å²) in [6, 6.07) is 5.47. The lowest BCUT2D eigenvalue weighted by atomic mass is 10.1. The SMILES string of the molecule is CN=Nc1ccc(C)cc1C=O. The van der Waals surface area contributed by atoms with Crippen LogP contribution < -0.4 is 0 Å². The summed E-state index contributed by atoms with van der Waals surface area (Å²) in [5.41, 5.74) is 2.26. The lowest BCUT2D eigenvalue weighted by Crippen LogP contribution is -1.81. The Morgan fingerprint density at radius 1 is 1.42 bits per heavy atom. The number of benzene rings is 1. The first-order valence-corrected chi connectivity index (χ1v) is 3.63. The van der Waals surface area contributed by atoms with Crippen molar-refractivity contribution in [2.24, 2.45) is 10.2 Å². The van der Waals surface area contributed by atoms with E-state index in [4.69, 9.17) is 0 Å². The predicted molar refractivity (Wildman–Crippen MR) is 47.0 cm³/mol. The topological polar surface area (TPSA) is 41.8 Å². The van der Waals surface area contributed by atoms with Gasteiger partial charge in [0.1, 0.15) is 0 Å². The summed E-state index contributed by atoms with van der Waals surface area (Å²) in [5.74, 6) is 0. The zero-order chi connectivity index (χ0) is 8.97. The Labute approximate surface area is 71.1 Å².